The molecule has 3 aromatic carbocycles. The molecule has 1 aromatic heterocycles. The van der Waals surface area contributed by atoms with E-state index in [1.807, 2.05) is 0 Å². The number of phenols is 4. The first-order valence-electron chi connectivity index (χ1n) is 13.4. The van der Waals surface area contributed by atoms with Crippen molar-refractivity contribution in [3.8, 4) is 45.8 Å². The summed E-state index contributed by atoms with van der Waals surface area (Å²) in [7, 11) is 1.29. The summed E-state index contributed by atoms with van der Waals surface area (Å²) in [5.74, 6) is -3.13. The Morgan fingerprint density at radius 3 is 2.36 bits per heavy atom. The Morgan fingerprint density at radius 2 is 1.67 bits per heavy atom. The fourth-order valence-corrected chi connectivity index (χ4v) is 4.72. The number of rotatable bonds is 8. The van der Waals surface area contributed by atoms with Crippen LogP contribution in [0.2, 0.25) is 0 Å². The highest BCUT2D eigenvalue weighted by atomic mass is 16.7. The van der Waals surface area contributed by atoms with Crippen molar-refractivity contribution in [3.63, 3.8) is 0 Å². The fraction of sp³-hybridized carbons (Fsp3) is 0.226. The zero-order valence-electron chi connectivity index (χ0n) is 23.4. The zero-order chi connectivity index (χ0) is 32.4. The zero-order valence-corrected chi connectivity index (χ0v) is 23.4. The van der Waals surface area contributed by atoms with E-state index in [9.17, 15) is 45.3 Å². The maximum atomic E-state index is 13.7. The van der Waals surface area contributed by atoms with E-state index in [4.69, 9.17) is 23.4 Å². The van der Waals surface area contributed by atoms with Gasteiger partial charge in [0.15, 0.2) is 23.4 Å². The number of hydrogen-bond acceptors (Lipinski definition) is 14. The Balaban J connectivity index is 1.47. The third-order valence-electron chi connectivity index (χ3n) is 6.97. The van der Waals surface area contributed by atoms with Crippen molar-refractivity contribution in [3.05, 3.63) is 76.5 Å². The van der Waals surface area contributed by atoms with Crippen LogP contribution in [-0.2, 0) is 14.3 Å². The molecular formula is C31H28O14. The fourth-order valence-electron chi connectivity index (χ4n) is 4.72. The van der Waals surface area contributed by atoms with Crippen LogP contribution in [0.1, 0.15) is 5.56 Å². The van der Waals surface area contributed by atoms with Crippen molar-refractivity contribution in [2.45, 2.75) is 30.7 Å². The number of fused-ring (bicyclic) bond motifs is 1. The molecule has 2 heterocycles. The molecule has 4 aromatic rings. The van der Waals surface area contributed by atoms with Gasteiger partial charge >= 0.3 is 5.97 Å². The molecule has 1 aliphatic heterocycles. The minimum Gasteiger partial charge on any atom is -0.508 e. The summed E-state index contributed by atoms with van der Waals surface area (Å²) in [5.41, 5.74) is -0.527. The third kappa shape index (κ3) is 6.34. The van der Waals surface area contributed by atoms with Gasteiger partial charge in [0.2, 0.25) is 17.5 Å². The van der Waals surface area contributed by atoms with Gasteiger partial charge in [0, 0.05) is 23.8 Å². The van der Waals surface area contributed by atoms with E-state index in [2.05, 4.69) is 0 Å². The average Bonchev–Trinajstić information content (AvgIpc) is 3.01. The maximum Gasteiger partial charge on any atom is 0.331 e. The Morgan fingerprint density at radius 1 is 0.933 bits per heavy atom. The van der Waals surface area contributed by atoms with Gasteiger partial charge in [-0.05, 0) is 42.0 Å². The molecule has 14 heteroatoms. The molecule has 0 spiro atoms. The van der Waals surface area contributed by atoms with Crippen LogP contribution in [-0.4, -0.2) is 86.1 Å². The number of methoxy groups -OCH3 is 1. The molecule has 0 radical (unpaired) electrons. The van der Waals surface area contributed by atoms with Crippen molar-refractivity contribution in [2.24, 2.45) is 0 Å². The number of benzene rings is 3. The molecule has 1 fully saturated rings. The number of hydrogen-bond donors (Lipinski definition) is 7. The SMILES string of the molecule is COc1cc(-c2oc3cc(O)cc(O)c3c(=O)c2O[C@@H]2O[C@H](CO)[C@@H](OC(=O)/C=C/c3ccc(O)cc3)[C@H](O)[C@H]2O)ccc1O. The largest absolute Gasteiger partial charge is 0.508 e. The number of phenolic OH excluding ortho intramolecular Hbond substituents is 4. The molecule has 0 bridgehead atoms. The molecule has 14 nitrogen and oxygen atoms in total. The summed E-state index contributed by atoms with van der Waals surface area (Å²) in [5, 5.41) is 71.2. The van der Waals surface area contributed by atoms with Gasteiger partial charge in [-0.2, -0.15) is 0 Å². The van der Waals surface area contributed by atoms with Gasteiger partial charge in [-0.25, -0.2) is 4.79 Å². The van der Waals surface area contributed by atoms with Crippen molar-refractivity contribution in [1.29, 1.82) is 0 Å². The van der Waals surface area contributed by atoms with Crippen LogP contribution < -0.4 is 14.9 Å². The summed E-state index contributed by atoms with van der Waals surface area (Å²) < 4.78 is 27.6. The normalized spacial score (nSPS) is 21.6. The molecule has 0 aliphatic carbocycles. The van der Waals surface area contributed by atoms with E-state index in [0.29, 0.717) is 5.56 Å². The first kappa shape index (κ1) is 31.2. The number of esters is 1. The number of aromatic hydroxyl groups is 4. The third-order valence-corrected chi connectivity index (χ3v) is 6.97. The second-order valence-electron chi connectivity index (χ2n) is 9.96. The predicted octanol–water partition coefficient (Wildman–Crippen LogP) is 1.73. The highest BCUT2D eigenvalue weighted by Gasteiger charge is 2.48. The second kappa shape index (κ2) is 12.8. The van der Waals surface area contributed by atoms with Gasteiger partial charge in [0.1, 0.15) is 46.5 Å². The number of aliphatic hydroxyl groups excluding tert-OH is 3. The van der Waals surface area contributed by atoms with Crippen LogP contribution in [0.15, 0.2) is 69.9 Å². The molecule has 236 valence electrons. The summed E-state index contributed by atoms with van der Waals surface area (Å²) in [6, 6.07) is 11.8. The minimum absolute atomic E-state index is 0.00575. The average molecular weight is 625 g/mol. The van der Waals surface area contributed by atoms with Gasteiger partial charge in [-0.15, -0.1) is 0 Å². The van der Waals surface area contributed by atoms with E-state index < -0.39 is 71.3 Å². The van der Waals surface area contributed by atoms with Gasteiger partial charge in [-0.1, -0.05) is 12.1 Å². The van der Waals surface area contributed by atoms with Crippen LogP contribution in [0.3, 0.4) is 0 Å². The standard InChI is InChI=1S/C31H28O14/c1-41-20-10-15(5-8-18(20)35)28-30(25(38)24-19(36)11-17(34)12-21(24)42-28)45-31-27(40)26(39)29(22(13-32)43-31)44-23(37)9-4-14-2-6-16(33)7-3-14/h2-12,22,26-27,29,31-36,39-40H,13H2,1H3/b9-4+/t22-,26-,27-,29-,31+/m1/s1. The van der Waals surface area contributed by atoms with E-state index >= 15 is 0 Å². The topological polar surface area (TPSA) is 226 Å². The summed E-state index contributed by atoms with van der Waals surface area (Å²) in [6.07, 6.45) is -6.25. The van der Waals surface area contributed by atoms with Crippen LogP contribution in [0, 0.1) is 0 Å². The van der Waals surface area contributed by atoms with E-state index in [1.54, 1.807) is 0 Å². The molecule has 5 atom stereocenters. The number of carbonyl (C=O) groups excluding carboxylic acids is 1. The maximum absolute atomic E-state index is 13.7. The van der Waals surface area contributed by atoms with Crippen molar-refractivity contribution >= 4 is 23.0 Å². The summed E-state index contributed by atoms with van der Waals surface area (Å²) in [4.78, 5) is 26.2. The highest BCUT2D eigenvalue weighted by molar-refractivity contribution is 5.88. The van der Waals surface area contributed by atoms with E-state index in [0.717, 1.165) is 18.2 Å². The van der Waals surface area contributed by atoms with E-state index in [-0.39, 0.29) is 34.2 Å². The van der Waals surface area contributed by atoms with Crippen LogP contribution in [0.5, 0.6) is 34.5 Å². The molecule has 1 saturated heterocycles. The monoisotopic (exact) mass is 624 g/mol. The first-order chi connectivity index (χ1) is 21.5. The summed E-state index contributed by atoms with van der Waals surface area (Å²) >= 11 is 0. The quantitative estimate of drug-likeness (QED) is 0.110. The lowest BCUT2D eigenvalue weighted by atomic mass is 9.99. The smallest absolute Gasteiger partial charge is 0.331 e. The van der Waals surface area contributed by atoms with Crippen LogP contribution in [0.4, 0.5) is 0 Å². The lowest BCUT2D eigenvalue weighted by molar-refractivity contribution is -0.280. The van der Waals surface area contributed by atoms with Gasteiger partial charge in [-0.3, -0.25) is 4.79 Å². The van der Waals surface area contributed by atoms with Crippen molar-refractivity contribution in [1.82, 2.24) is 0 Å². The first-order valence-corrected chi connectivity index (χ1v) is 13.4. The molecule has 1 aliphatic rings. The number of carbonyl (C=O) groups is 1. The Labute approximate surface area is 253 Å². The predicted molar refractivity (Wildman–Crippen MR) is 155 cm³/mol. The Hall–Kier alpha value is -5.28. The second-order valence-corrected chi connectivity index (χ2v) is 9.96. The van der Waals surface area contributed by atoms with Gasteiger partial charge in [0.05, 0.1) is 13.7 Å². The van der Waals surface area contributed by atoms with Crippen molar-refractivity contribution in [2.75, 3.05) is 13.7 Å². The molecule has 0 unspecified atom stereocenters. The molecule has 0 saturated carbocycles. The number of aliphatic hydroxyl groups is 3. The molecule has 5 rings (SSSR count). The van der Waals surface area contributed by atoms with Crippen LogP contribution >= 0.6 is 0 Å². The Bertz CT molecular complexity index is 1790. The highest BCUT2D eigenvalue weighted by Crippen LogP contribution is 2.39. The summed E-state index contributed by atoms with van der Waals surface area (Å²) in [6.45, 7) is -0.808. The van der Waals surface area contributed by atoms with Gasteiger partial charge < -0.3 is 59.1 Å². The molecule has 0 amide bonds. The number of ether oxygens (including phenoxy) is 4. The lowest BCUT2D eigenvalue weighted by Gasteiger charge is -2.41. The van der Waals surface area contributed by atoms with Crippen molar-refractivity contribution < 1.29 is 63.9 Å². The lowest BCUT2D eigenvalue weighted by Crippen LogP contribution is -2.61. The van der Waals surface area contributed by atoms with E-state index in [1.165, 1.54) is 55.7 Å². The van der Waals surface area contributed by atoms with Crippen LogP contribution in [0.25, 0.3) is 28.4 Å². The molecule has 7 N–H and O–H groups in total. The Kier molecular flexibility index (Phi) is 8.83. The van der Waals surface area contributed by atoms with Gasteiger partial charge in [0.25, 0.3) is 0 Å². The molecule has 45 heavy (non-hydrogen) atoms. The molecular weight excluding hydrogens is 596 g/mol. The minimum atomic E-state index is -1.95.